The maximum atomic E-state index is 10.5. The molecule has 4 heteroatoms. The minimum Gasteiger partial charge on any atom is -0.478 e. The first kappa shape index (κ1) is 12.6. The summed E-state index contributed by atoms with van der Waals surface area (Å²) in [6, 6.07) is 5.87. The second kappa shape index (κ2) is 4.78. The molecule has 92 valence electrons. The van der Waals surface area contributed by atoms with Gasteiger partial charge in [-0.2, -0.15) is 0 Å². The monoisotopic (exact) mass is 261 g/mol. The van der Waals surface area contributed by atoms with Gasteiger partial charge in [-0.3, -0.25) is 0 Å². The lowest BCUT2D eigenvalue weighted by atomic mass is 10.0. The molecule has 0 atom stereocenters. The molecule has 0 aliphatic rings. The first-order valence-electron chi connectivity index (χ1n) is 5.46. The molecule has 1 N–H and O–H groups in total. The molecule has 1 aromatic heterocycles. The lowest BCUT2D eigenvalue weighted by Gasteiger charge is -2.07. The molecule has 0 bridgehead atoms. The van der Waals surface area contributed by atoms with Crippen molar-refractivity contribution in [1.82, 2.24) is 4.98 Å². The second-order valence-electron chi connectivity index (χ2n) is 4.14. The van der Waals surface area contributed by atoms with Gasteiger partial charge in [0, 0.05) is 17.0 Å². The molecule has 0 saturated heterocycles. The molecule has 0 fully saturated rings. The topological polar surface area (TPSA) is 50.2 Å². The summed E-state index contributed by atoms with van der Waals surface area (Å²) < 4.78 is 0. The zero-order valence-corrected chi connectivity index (χ0v) is 10.8. The lowest BCUT2D eigenvalue weighted by Crippen LogP contribution is -1.91. The Morgan fingerprint density at radius 2 is 2.00 bits per heavy atom. The van der Waals surface area contributed by atoms with E-state index in [0.29, 0.717) is 10.7 Å². The van der Waals surface area contributed by atoms with Gasteiger partial charge in [-0.05, 0) is 37.1 Å². The fourth-order valence-electron chi connectivity index (χ4n) is 1.80. The van der Waals surface area contributed by atoms with Crippen LogP contribution in [0.2, 0.25) is 5.15 Å². The van der Waals surface area contributed by atoms with Crippen LogP contribution in [-0.4, -0.2) is 16.1 Å². The van der Waals surface area contributed by atoms with E-state index in [4.69, 9.17) is 16.7 Å². The Kier molecular flexibility index (Phi) is 3.34. The number of pyridine rings is 1. The normalized spacial score (nSPS) is 11.3. The van der Waals surface area contributed by atoms with E-state index in [2.05, 4.69) is 4.98 Å². The van der Waals surface area contributed by atoms with Gasteiger partial charge >= 0.3 is 5.97 Å². The highest BCUT2D eigenvalue weighted by Gasteiger charge is 2.07. The Morgan fingerprint density at radius 1 is 1.33 bits per heavy atom. The third-order valence-corrected chi connectivity index (χ3v) is 3.09. The molecule has 0 amide bonds. The summed E-state index contributed by atoms with van der Waals surface area (Å²) in [4.78, 5) is 14.9. The zero-order chi connectivity index (χ0) is 13.3. The van der Waals surface area contributed by atoms with E-state index in [-0.39, 0.29) is 0 Å². The highest BCUT2D eigenvalue weighted by Crippen LogP contribution is 2.26. The number of aryl methyl sites for hydroxylation is 2. The number of carboxylic acid groups (broad SMARTS) is 1. The van der Waals surface area contributed by atoms with Gasteiger partial charge in [-0.25, -0.2) is 9.78 Å². The summed E-state index contributed by atoms with van der Waals surface area (Å²) in [7, 11) is 0. The Hall–Kier alpha value is -1.87. The van der Waals surface area contributed by atoms with Gasteiger partial charge in [0.1, 0.15) is 5.15 Å². The number of carboxylic acids is 1. The van der Waals surface area contributed by atoms with Gasteiger partial charge < -0.3 is 5.11 Å². The predicted octanol–water partition coefficient (Wildman–Crippen LogP) is 3.60. The van der Waals surface area contributed by atoms with E-state index in [1.807, 2.05) is 32.0 Å². The van der Waals surface area contributed by atoms with Crippen molar-refractivity contribution in [2.24, 2.45) is 0 Å². The number of nitrogens with zero attached hydrogens (tertiary/aromatic N) is 1. The Balaban J connectivity index is 2.68. The summed E-state index contributed by atoms with van der Waals surface area (Å²) >= 11 is 6.06. The minimum atomic E-state index is -1.01. The summed E-state index contributed by atoms with van der Waals surface area (Å²) in [6.07, 6.45) is 2.51. The molecule has 0 spiro atoms. The van der Waals surface area contributed by atoms with Crippen molar-refractivity contribution in [2.45, 2.75) is 13.8 Å². The number of aromatic nitrogens is 1. The van der Waals surface area contributed by atoms with Crippen LogP contribution >= 0.6 is 11.6 Å². The van der Waals surface area contributed by atoms with Gasteiger partial charge in [-0.15, -0.1) is 0 Å². The molecule has 1 heterocycles. The number of carbonyl (C=O) groups is 1. The number of fused-ring (bicyclic) bond motifs is 1. The molecule has 18 heavy (non-hydrogen) atoms. The second-order valence-corrected chi connectivity index (χ2v) is 4.49. The molecule has 0 aliphatic heterocycles. The van der Waals surface area contributed by atoms with Crippen molar-refractivity contribution in [3.63, 3.8) is 0 Å². The molecule has 3 nitrogen and oxygen atoms in total. The third kappa shape index (κ3) is 2.36. The first-order valence-corrected chi connectivity index (χ1v) is 5.84. The van der Waals surface area contributed by atoms with Gasteiger partial charge in [0.25, 0.3) is 0 Å². The molecule has 2 aromatic rings. The van der Waals surface area contributed by atoms with Gasteiger partial charge in [0.2, 0.25) is 0 Å². The van der Waals surface area contributed by atoms with E-state index >= 15 is 0 Å². The smallest absolute Gasteiger partial charge is 0.328 e. The summed E-state index contributed by atoms with van der Waals surface area (Å²) in [5.74, 6) is -1.01. The molecule has 1 aromatic carbocycles. The van der Waals surface area contributed by atoms with Gasteiger partial charge in [0.15, 0.2) is 0 Å². The first-order chi connectivity index (χ1) is 8.49. The van der Waals surface area contributed by atoms with E-state index in [0.717, 1.165) is 28.1 Å². The summed E-state index contributed by atoms with van der Waals surface area (Å²) in [6.45, 7) is 3.96. The van der Waals surface area contributed by atoms with E-state index in [9.17, 15) is 4.79 Å². The van der Waals surface area contributed by atoms with Crippen LogP contribution in [-0.2, 0) is 4.79 Å². The number of hydrogen-bond acceptors (Lipinski definition) is 2. The molecule has 0 radical (unpaired) electrons. The standard InChI is InChI=1S/C14H12ClNO2/c1-8-3-4-9(2)13-11(8)7-10(14(15)16-13)5-6-12(17)18/h3-7H,1-2H3,(H,17,18)/b6-5+. The Morgan fingerprint density at radius 3 is 2.67 bits per heavy atom. The van der Waals surface area contributed by atoms with E-state index in [1.54, 1.807) is 0 Å². The van der Waals surface area contributed by atoms with Crippen molar-refractivity contribution in [3.05, 3.63) is 46.1 Å². The largest absolute Gasteiger partial charge is 0.478 e. The fraction of sp³-hybridized carbons (Fsp3) is 0.143. The molecule has 0 saturated carbocycles. The number of hydrogen-bond donors (Lipinski definition) is 1. The van der Waals surface area contributed by atoms with Crippen molar-refractivity contribution < 1.29 is 9.90 Å². The van der Waals surface area contributed by atoms with Crippen molar-refractivity contribution in [2.75, 3.05) is 0 Å². The number of benzene rings is 1. The van der Waals surface area contributed by atoms with Crippen LogP contribution in [0.5, 0.6) is 0 Å². The van der Waals surface area contributed by atoms with Crippen molar-refractivity contribution in [3.8, 4) is 0 Å². The van der Waals surface area contributed by atoms with Crippen LogP contribution in [0.25, 0.3) is 17.0 Å². The average Bonchev–Trinajstić information content (AvgIpc) is 2.32. The minimum absolute atomic E-state index is 0.314. The molecular formula is C14H12ClNO2. The maximum Gasteiger partial charge on any atom is 0.328 e. The molecule has 2 rings (SSSR count). The van der Waals surface area contributed by atoms with E-state index < -0.39 is 5.97 Å². The highest BCUT2D eigenvalue weighted by molar-refractivity contribution is 6.31. The number of aliphatic carboxylic acids is 1. The van der Waals surface area contributed by atoms with Crippen LogP contribution in [0.1, 0.15) is 16.7 Å². The van der Waals surface area contributed by atoms with Crippen molar-refractivity contribution in [1.29, 1.82) is 0 Å². The summed E-state index contributed by atoms with van der Waals surface area (Å²) in [5.41, 5.74) is 3.60. The zero-order valence-electron chi connectivity index (χ0n) is 10.1. The Labute approximate surface area is 110 Å². The molecule has 0 unspecified atom stereocenters. The van der Waals surface area contributed by atoms with Gasteiger partial charge in [-0.1, -0.05) is 23.7 Å². The SMILES string of the molecule is Cc1ccc(C)c2nc(Cl)c(/C=C/C(=O)O)cc12. The van der Waals surface area contributed by atoms with Crippen LogP contribution in [0, 0.1) is 13.8 Å². The third-order valence-electron chi connectivity index (χ3n) is 2.79. The van der Waals surface area contributed by atoms with Crippen LogP contribution in [0.4, 0.5) is 0 Å². The van der Waals surface area contributed by atoms with Crippen LogP contribution in [0.3, 0.4) is 0 Å². The highest BCUT2D eigenvalue weighted by atomic mass is 35.5. The molecule has 0 aliphatic carbocycles. The fourth-order valence-corrected chi connectivity index (χ4v) is 2.01. The van der Waals surface area contributed by atoms with Gasteiger partial charge in [0.05, 0.1) is 5.52 Å². The van der Waals surface area contributed by atoms with Crippen LogP contribution in [0.15, 0.2) is 24.3 Å². The summed E-state index contributed by atoms with van der Waals surface area (Å²) in [5, 5.41) is 9.93. The average molecular weight is 262 g/mol. The predicted molar refractivity (Wildman–Crippen MR) is 72.9 cm³/mol. The lowest BCUT2D eigenvalue weighted by molar-refractivity contribution is -0.131. The van der Waals surface area contributed by atoms with E-state index in [1.165, 1.54) is 6.08 Å². The maximum absolute atomic E-state index is 10.5. The van der Waals surface area contributed by atoms with Crippen LogP contribution < -0.4 is 0 Å². The number of halogens is 1. The van der Waals surface area contributed by atoms with Crippen molar-refractivity contribution >= 4 is 34.5 Å². The molecular weight excluding hydrogens is 250 g/mol. The quantitative estimate of drug-likeness (QED) is 0.664. The Bertz CT molecular complexity index is 662. The number of rotatable bonds is 2.